The van der Waals surface area contributed by atoms with Crippen molar-refractivity contribution in [2.45, 2.75) is 194 Å². The molecule has 2 rings (SSSR count). The van der Waals surface area contributed by atoms with E-state index in [0.29, 0.717) is 18.6 Å². The lowest BCUT2D eigenvalue weighted by molar-refractivity contribution is -0.385. The van der Waals surface area contributed by atoms with Crippen LogP contribution in [0.4, 0.5) is 11.4 Å². The number of aromatic hydroxyl groups is 1. The van der Waals surface area contributed by atoms with E-state index in [9.17, 15) is 29.8 Å². The van der Waals surface area contributed by atoms with Crippen molar-refractivity contribution in [3.05, 3.63) is 68.8 Å². The number of unbranched alkanes of at least 4 members (excludes halogenated alkanes) is 24. The smallest absolute Gasteiger partial charge is 0.311 e. The lowest BCUT2D eigenvalue weighted by Gasteiger charge is -2.05. The van der Waals surface area contributed by atoms with Gasteiger partial charge in [-0.05, 0) is 37.1 Å². The standard InChI is InChI=1S/C22H35NO4.C16H32O2.C6H5NO3.H2O/c1-2-3-4-5-6-7-8-9-10-11-12-13-14-15-22(24)27-21-18-16-20(17-19-21)23(25)26;1-2-3-4-5-6-7-8-9-10-11-12-13-14-15-16(17)18;8-6-3-1-5(2-4-6)7(9)10;/h16-19H,2-15H2,1H3;2-15H2,1H3,(H,17,18);1-4,8H;1H2. The van der Waals surface area contributed by atoms with Crippen molar-refractivity contribution in [2.75, 3.05) is 0 Å². The molecule has 0 saturated heterocycles. The molecule has 320 valence electrons. The molecule has 0 atom stereocenters. The van der Waals surface area contributed by atoms with Gasteiger partial charge in [-0.15, -0.1) is 0 Å². The molecule has 0 bridgehead atoms. The maximum atomic E-state index is 11.8. The van der Waals surface area contributed by atoms with Gasteiger partial charge in [-0.2, -0.15) is 0 Å². The van der Waals surface area contributed by atoms with Crippen LogP contribution in [0.2, 0.25) is 0 Å². The third kappa shape index (κ3) is 35.6. The van der Waals surface area contributed by atoms with Gasteiger partial charge in [0, 0.05) is 37.1 Å². The summed E-state index contributed by atoms with van der Waals surface area (Å²) in [6, 6.07) is 10.6. The second-order valence-corrected chi connectivity index (χ2v) is 14.4. The molecule has 0 aliphatic heterocycles. The molecule has 0 aromatic heterocycles. The van der Waals surface area contributed by atoms with Crippen LogP contribution in [0, 0.1) is 20.2 Å². The van der Waals surface area contributed by atoms with Crippen molar-refractivity contribution < 1.29 is 39.9 Å². The summed E-state index contributed by atoms with van der Waals surface area (Å²) >= 11 is 0. The van der Waals surface area contributed by atoms with Crippen LogP contribution in [0.25, 0.3) is 0 Å². The van der Waals surface area contributed by atoms with Crippen molar-refractivity contribution in [1.29, 1.82) is 0 Å². The second kappa shape index (κ2) is 39.2. The van der Waals surface area contributed by atoms with Crippen LogP contribution in [-0.4, -0.2) is 37.5 Å². The van der Waals surface area contributed by atoms with Crippen molar-refractivity contribution in [1.82, 2.24) is 0 Å². The summed E-state index contributed by atoms with van der Waals surface area (Å²) in [5.41, 5.74) is -0.0240. The first kappa shape index (κ1) is 54.0. The number of non-ortho nitro benzene ring substituents is 2. The average Bonchev–Trinajstić information content (AvgIpc) is 3.16. The van der Waals surface area contributed by atoms with Gasteiger partial charge in [-0.25, -0.2) is 0 Å². The van der Waals surface area contributed by atoms with Gasteiger partial charge in [0.25, 0.3) is 11.4 Å². The normalized spacial score (nSPS) is 10.2. The molecular formula is C44H74N2O10. The Morgan fingerprint density at radius 1 is 0.500 bits per heavy atom. The average molecular weight is 791 g/mol. The van der Waals surface area contributed by atoms with Gasteiger partial charge >= 0.3 is 11.9 Å². The predicted octanol–water partition coefficient (Wildman–Crippen LogP) is 13.0. The summed E-state index contributed by atoms with van der Waals surface area (Å²) < 4.78 is 5.19. The summed E-state index contributed by atoms with van der Waals surface area (Å²) in [5, 5.41) is 37.8. The highest BCUT2D eigenvalue weighted by Crippen LogP contribution is 2.19. The van der Waals surface area contributed by atoms with Gasteiger partial charge in [0.05, 0.1) is 9.85 Å². The summed E-state index contributed by atoms with van der Waals surface area (Å²) in [4.78, 5) is 41.7. The van der Waals surface area contributed by atoms with Gasteiger partial charge in [-0.3, -0.25) is 29.8 Å². The number of rotatable bonds is 31. The Hall–Kier alpha value is -4.06. The van der Waals surface area contributed by atoms with E-state index in [1.54, 1.807) is 0 Å². The number of nitrogens with zero attached hydrogens (tertiary/aromatic N) is 2. The van der Waals surface area contributed by atoms with E-state index in [1.807, 2.05) is 0 Å². The van der Waals surface area contributed by atoms with Gasteiger partial charge < -0.3 is 20.4 Å². The number of phenolic OH excluding ortho intramolecular Hbond substituents is 1. The monoisotopic (exact) mass is 791 g/mol. The Balaban J connectivity index is 0. The Morgan fingerprint density at radius 3 is 1.09 bits per heavy atom. The van der Waals surface area contributed by atoms with E-state index in [2.05, 4.69) is 13.8 Å². The number of phenols is 1. The Labute approximate surface area is 336 Å². The quantitative estimate of drug-likeness (QED) is 0.0245. The molecule has 0 unspecified atom stereocenters. The first-order valence-electron chi connectivity index (χ1n) is 21.2. The number of nitro benzene ring substituents is 2. The van der Waals surface area contributed by atoms with Gasteiger partial charge in [0.1, 0.15) is 11.5 Å². The third-order valence-electron chi connectivity index (χ3n) is 9.32. The first-order valence-corrected chi connectivity index (χ1v) is 21.2. The van der Waals surface area contributed by atoms with Crippen LogP contribution in [0.3, 0.4) is 0 Å². The van der Waals surface area contributed by atoms with Crippen LogP contribution < -0.4 is 4.74 Å². The Morgan fingerprint density at radius 2 is 0.786 bits per heavy atom. The maximum absolute atomic E-state index is 11.8. The SMILES string of the molecule is CCCCCCCCCCCCCCCC(=O)O.CCCCCCCCCCCCCCCC(=O)Oc1ccc([N+](=O)[O-])cc1.O.O=[N+]([O-])c1ccc(O)cc1. The fourth-order valence-corrected chi connectivity index (χ4v) is 5.97. The minimum Gasteiger partial charge on any atom is -0.508 e. The largest absolute Gasteiger partial charge is 0.508 e. The van der Waals surface area contributed by atoms with Crippen molar-refractivity contribution in [3.8, 4) is 11.5 Å². The number of esters is 1. The second-order valence-electron chi connectivity index (χ2n) is 14.4. The number of ether oxygens (including phenoxy) is 1. The molecule has 12 nitrogen and oxygen atoms in total. The highest BCUT2D eigenvalue weighted by molar-refractivity contribution is 5.72. The van der Waals surface area contributed by atoms with Crippen LogP contribution in [0.5, 0.6) is 11.5 Å². The molecule has 12 heteroatoms. The number of aliphatic carboxylic acids is 1. The molecule has 0 fully saturated rings. The summed E-state index contributed by atoms with van der Waals surface area (Å²) in [6.45, 7) is 4.51. The summed E-state index contributed by atoms with van der Waals surface area (Å²) in [6.07, 6.45) is 34.2. The first-order chi connectivity index (χ1) is 26.6. The van der Waals surface area contributed by atoms with E-state index < -0.39 is 15.8 Å². The number of carboxylic acids is 1. The predicted molar refractivity (Wildman–Crippen MR) is 225 cm³/mol. The highest BCUT2D eigenvalue weighted by atomic mass is 16.6. The van der Waals surface area contributed by atoms with Crippen LogP contribution in [0.15, 0.2) is 48.5 Å². The topological polar surface area (TPSA) is 202 Å². The number of hydrogen-bond donors (Lipinski definition) is 2. The zero-order valence-corrected chi connectivity index (χ0v) is 34.6. The van der Waals surface area contributed by atoms with Crippen LogP contribution in [-0.2, 0) is 9.59 Å². The van der Waals surface area contributed by atoms with Gasteiger partial charge in [-0.1, -0.05) is 168 Å². The van der Waals surface area contributed by atoms with E-state index >= 15 is 0 Å². The molecule has 4 N–H and O–H groups in total. The maximum Gasteiger partial charge on any atom is 0.311 e. The van der Waals surface area contributed by atoms with Crippen LogP contribution in [0.1, 0.15) is 194 Å². The van der Waals surface area contributed by atoms with E-state index in [0.717, 1.165) is 25.7 Å². The minimum absolute atomic E-state index is 0. The fraction of sp³-hybridized carbons (Fsp3) is 0.682. The molecule has 0 aliphatic rings. The van der Waals surface area contributed by atoms with Crippen LogP contribution >= 0.6 is 0 Å². The zero-order valence-electron chi connectivity index (χ0n) is 34.6. The molecule has 2 aromatic rings. The van der Waals surface area contributed by atoms with Crippen molar-refractivity contribution in [2.24, 2.45) is 0 Å². The molecule has 0 saturated carbocycles. The van der Waals surface area contributed by atoms with Crippen molar-refractivity contribution >= 4 is 23.3 Å². The molecule has 0 aliphatic carbocycles. The number of benzene rings is 2. The number of carbonyl (C=O) groups excluding carboxylic acids is 1. The molecule has 0 heterocycles. The molecule has 0 spiro atoms. The highest BCUT2D eigenvalue weighted by Gasteiger charge is 2.08. The summed E-state index contributed by atoms with van der Waals surface area (Å²) in [7, 11) is 0. The van der Waals surface area contributed by atoms with Gasteiger partial charge in [0.15, 0.2) is 0 Å². The van der Waals surface area contributed by atoms with E-state index in [-0.39, 0.29) is 28.6 Å². The molecule has 0 radical (unpaired) electrons. The molecular weight excluding hydrogens is 716 g/mol. The molecule has 56 heavy (non-hydrogen) atoms. The molecule has 2 aromatic carbocycles. The Kier molecular flexibility index (Phi) is 37.8. The van der Waals surface area contributed by atoms with E-state index in [1.165, 1.54) is 190 Å². The Bertz CT molecular complexity index is 1240. The summed E-state index contributed by atoms with van der Waals surface area (Å²) in [5.74, 6) is -0.532. The number of hydrogen-bond acceptors (Lipinski definition) is 8. The molecule has 0 amide bonds. The minimum atomic E-state index is -0.655. The number of carbonyl (C=O) groups is 2. The van der Waals surface area contributed by atoms with Crippen molar-refractivity contribution in [3.63, 3.8) is 0 Å². The van der Waals surface area contributed by atoms with Gasteiger partial charge in [0.2, 0.25) is 0 Å². The fourth-order valence-electron chi connectivity index (χ4n) is 5.97. The number of carboxylic acid groups (broad SMARTS) is 1. The zero-order chi connectivity index (χ0) is 40.8. The lowest BCUT2D eigenvalue weighted by atomic mass is 10.0. The van der Waals surface area contributed by atoms with E-state index in [4.69, 9.17) is 14.9 Å². The third-order valence-corrected chi connectivity index (χ3v) is 9.32. The number of nitro groups is 2. The lowest BCUT2D eigenvalue weighted by Crippen LogP contribution is -2.07.